The van der Waals surface area contributed by atoms with E-state index in [-0.39, 0.29) is 17.4 Å². The fourth-order valence-electron chi connectivity index (χ4n) is 2.21. The summed E-state index contributed by atoms with van der Waals surface area (Å²) in [5.74, 6) is 0.0224. The maximum Gasteiger partial charge on any atom is 0.275 e. The number of nitrogens with one attached hydrogen (secondary N) is 1. The fourth-order valence-corrected chi connectivity index (χ4v) is 2.21. The van der Waals surface area contributed by atoms with Gasteiger partial charge in [-0.25, -0.2) is 9.50 Å². The molecule has 0 radical (unpaired) electrons. The zero-order chi connectivity index (χ0) is 17.1. The molecule has 0 aliphatic heterocycles. The second kappa shape index (κ2) is 6.49. The minimum Gasteiger partial charge on any atom is -0.477 e. The second-order valence-electron chi connectivity index (χ2n) is 5.12. The molecule has 1 aromatic carbocycles. The van der Waals surface area contributed by atoms with E-state index >= 15 is 0 Å². The minimum absolute atomic E-state index is 0.0634. The molecule has 0 aliphatic rings. The molecule has 0 saturated carbocycles. The smallest absolute Gasteiger partial charge is 0.275 e. The summed E-state index contributed by atoms with van der Waals surface area (Å²) in [7, 11) is 0. The molecular weight excluding hydrogens is 308 g/mol. The van der Waals surface area contributed by atoms with Crippen molar-refractivity contribution in [3.8, 4) is 5.88 Å². The van der Waals surface area contributed by atoms with Gasteiger partial charge in [-0.3, -0.25) is 9.59 Å². The normalized spacial score (nSPS) is 10.6. The van der Waals surface area contributed by atoms with Gasteiger partial charge in [0.1, 0.15) is 5.69 Å². The number of carbonyl (C=O) groups excluding carboxylic acids is 2. The molecule has 1 N–H and O–H groups in total. The van der Waals surface area contributed by atoms with Crippen molar-refractivity contribution in [2.45, 2.75) is 13.8 Å². The molecule has 0 unspecified atom stereocenters. The highest BCUT2D eigenvalue weighted by Crippen LogP contribution is 2.14. The quantitative estimate of drug-likeness (QED) is 0.729. The Bertz CT molecular complexity index is 917. The van der Waals surface area contributed by atoms with Gasteiger partial charge in [-0.1, -0.05) is 12.1 Å². The number of hydrogen-bond donors (Lipinski definition) is 1. The summed E-state index contributed by atoms with van der Waals surface area (Å²) in [5, 5.41) is 6.95. The maximum atomic E-state index is 12.3. The molecule has 7 nitrogen and oxygen atoms in total. The first-order valence-corrected chi connectivity index (χ1v) is 7.48. The molecule has 2 heterocycles. The Hall–Kier alpha value is -3.22. The van der Waals surface area contributed by atoms with Gasteiger partial charge in [0.2, 0.25) is 5.88 Å². The van der Waals surface area contributed by atoms with Gasteiger partial charge in [0.15, 0.2) is 11.4 Å². The van der Waals surface area contributed by atoms with Gasteiger partial charge in [0.25, 0.3) is 5.91 Å². The highest BCUT2D eigenvalue weighted by Gasteiger charge is 2.13. The van der Waals surface area contributed by atoms with Crippen molar-refractivity contribution in [3.05, 3.63) is 53.9 Å². The van der Waals surface area contributed by atoms with Crippen LogP contribution in [0.2, 0.25) is 0 Å². The van der Waals surface area contributed by atoms with E-state index < -0.39 is 0 Å². The SMILES string of the molecule is CCOc1ccc2nc(C(=O)Nc3cccc(C(C)=O)c3)cn2n1. The molecule has 0 spiro atoms. The van der Waals surface area contributed by atoms with Gasteiger partial charge in [0.05, 0.1) is 12.8 Å². The summed E-state index contributed by atoms with van der Waals surface area (Å²) in [5.41, 5.74) is 1.84. The van der Waals surface area contributed by atoms with Gasteiger partial charge < -0.3 is 10.1 Å². The van der Waals surface area contributed by atoms with Gasteiger partial charge >= 0.3 is 0 Å². The number of ether oxygens (including phenoxy) is 1. The first-order valence-electron chi connectivity index (χ1n) is 7.48. The molecular formula is C17H16N4O3. The molecule has 0 bridgehead atoms. The third kappa shape index (κ3) is 3.24. The summed E-state index contributed by atoms with van der Waals surface area (Å²) in [6, 6.07) is 10.2. The van der Waals surface area contributed by atoms with E-state index in [1.807, 2.05) is 6.92 Å². The Morgan fingerprint density at radius 3 is 2.83 bits per heavy atom. The van der Waals surface area contributed by atoms with Crippen LogP contribution in [0.5, 0.6) is 5.88 Å². The standard InChI is InChI=1S/C17H16N4O3/c1-3-24-16-8-7-15-19-14(10-21(15)20-16)17(23)18-13-6-4-5-12(9-13)11(2)22/h4-10H,3H2,1-2H3,(H,18,23). The van der Waals surface area contributed by atoms with Crippen LogP contribution in [-0.4, -0.2) is 32.9 Å². The Morgan fingerprint density at radius 1 is 1.25 bits per heavy atom. The first kappa shape index (κ1) is 15.7. The lowest BCUT2D eigenvalue weighted by Crippen LogP contribution is -2.12. The van der Waals surface area contributed by atoms with Crippen LogP contribution in [0.25, 0.3) is 5.65 Å². The van der Waals surface area contributed by atoms with Crippen molar-refractivity contribution < 1.29 is 14.3 Å². The summed E-state index contributed by atoms with van der Waals surface area (Å²) in [6.45, 7) is 3.85. The summed E-state index contributed by atoms with van der Waals surface area (Å²) >= 11 is 0. The van der Waals surface area contributed by atoms with Crippen LogP contribution in [0.15, 0.2) is 42.6 Å². The van der Waals surface area contributed by atoms with Crippen LogP contribution < -0.4 is 10.1 Å². The van der Waals surface area contributed by atoms with E-state index in [0.717, 1.165) is 0 Å². The Labute approximate surface area is 138 Å². The number of rotatable bonds is 5. The molecule has 0 saturated heterocycles. The van der Waals surface area contributed by atoms with Gasteiger partial charge in [-0.2, -0.15) is 0 Å². The van der Waals surface area contributed by atoms with Crippen LogP contribution in [0.4, 0.5) is 5.69 Å². The van der Waals surface area contributed by atoms with Crippen LogP contribution in [-0.2, 0) is 0 Å². The molecule has 3 aromatic rings. The number of amides is 1. The van der Waals surface area contributed by atoms with Crippen molar-refractivity contribution >= 4 is 23.0 Å². The van der Waals surface area contributed by atoms with Crippen molar-refractivity contribution in [3.63, 3.8) is 0 Å². The number of imidazole rings is 1. The molecule has 0 aliphatic carbocycles. The van der Waals surface area contributed by atoms with E-state index in [1.54, 1.807) is 36.4 Å². The lowest BCUT2D eigenvalue weighted by atomic mass is 10.1. The van der Waals surface area contributed by atoms with Crippen molar-refractivity contribution in [1.82, 2.24) is 14.6 Å². The van der Waals surface area contributed by atoms with Crippen molar-refractivity contribution in [1.29, 1.82) is 0 Å². The largest absolute Gasteiger partial charge is 0.477 e. The Balaban J connectivity index is 1.83. The molecule has 1 amide bonds. The lowest BCUT2D eigenvalue weighted by molar-refractivity contribution is 0.100. The topological polar surface area (TPSA) is 85.6 Å². The molecule has 122 valence electrons. The van der Waals surface area contributed by atoms with E-state index in [4.69, 9.17) is 4.74 Å². The molecule has 0 fully saturated rings. The van der Waals surface area contributed by atoms with Crippen LogP contribution in [0.1, 0.15) is 34.7 Å². The number of aromatic nitrogens is 3. The average molecular weight is 324 g/mol. The number of fused-ring (bicyclic) bond motifs is 1. The third-order valence-corrected chi connectivity index (χ3v) is 3.35. The van der Waals surface area contributed by atoms with E-state index in [0.29, 0.717) is 29.4 Å². The number of nitrogens with zero attached hydrogens (tertiary/aromatic N) is 3. The predicted octanol–water partition coefficient (Wildman–Crippen LogP) is 2.58. The fraction of sp³-hybridized carbons (Fsp3) is 0.176. The Kier molecular flexibility index (Phi) is 4.24. The Morgan fingerprint density at radius 2 is 2.08 bits per heavy atom. The zero-order valence-electron chi connectivity index (χ0n) is 13.3. The van der Waals surface area contributed by atoms with E-state index in [9.17, 15) is 9.59 Å². The third-order valence-electron chi connectivity index (χ3n) is 3.35. The molecule has 2 aromatic heterocycles. The lowest BCUT2D eigenvalue weighted by Gasteiger charge is -2.04. The number of Topliss-reactive ketones (excluding diaryl/α,β-unsaturated/α-hetero) is 1. The number of benzene rings is 1. The van der Waals surface area contributed by atoms with Crippen LogP contribution >= 0.6 is 0 Å². The number of ketones is 1. The molecule has 24 heavy (non-hydrogen) atoms. The van der Waals surface area contributed by atoms with Crippen molar-refractivity contribution in [2.24, 2.45) is 0 Å². The zero-order valence-corrected chi connectivity index (χ0v) is 13.3. The van der Waals surface area contributed by atoms with Crippen LogP contribution in [0.3, 0.4) is 0 Å². The maximum absolute atomic E-state index is 12.3. The van der Waals surface area contributed by atoms with Crippen molar-refractivity contribution in [2.75, 3.05) is 11.9 Å². The summed E-state index contributed by atoms with van der Waals surface area (Å²) in [4.78, 5) is 28.0. The predicted molar refractivity (Wildman–Crippen MR) is 88.6 cm³/mol. The molecule has 7 heteroatoms. The molecule has 3 rings (SSSR count). The number of anilines is 1. The second-order valence-corrected chi connectivity index (χ2v) is 5.12. The van der Waals surface area contributed by atoms with Crippen LogP contribution in [0, 0.1) is 0 Å². The highest BCUT2D eigenvalue weighted by atomic mass is 16.5. The minimum atomic E-state index is -0.376. The highest BCUT2D eigenvalue weighted by molar-refractivity contribution is 6.04. The molecule has 0 atom stereocenters. The monoisotopic (exact) mass is 324 g/mol. The van der Waals surface area contributed by atoms with E-state index in [1.165, 1.54) is 17.6 Å². The number of carbonyl (C=O) groups is 2. The van der Waals surface area contributed by atoms with Gasteiger partial charge in [-0.05, 0) is 32.0 Å². The average Bonchev–Trinajstić information content (AvgIpc) is 2.99. The summed E-state index contributed by atoms with van der Waals surface area (Å²) in [6.07, 6.45) is 1.53. The summed E-state index contributed by atoms with van der Waals surface area (Å²) < 4.78 is 6.81. The number of hydrogen-bond acceptors (Lipinski definition) is 5. The van der Waals surface area contributed by atoms with Gasteiger partial charge in [0, 0.05) is 17.3 Å². The van der Waals surface area contributed by atoms with Gasteiger partial charge in [-0.15, -0.1) is 5.10 Å². The van der Waals surface area contributed by atoms with E-state index in [2.05, 4.69) is 15.4 Å². The first-order chi connectivity index (χ1) is 11.6.